The van der Waals surface area contributed by atoms with E-state index in [-0.39, 0.29) is 41.3 Å². The summed E-state index contributed by atoms with van der Waals surface area (Å²) in [4.78, 5) is 26.2. The van der Waals surface area contributed by atoms with Crippen molar-refractivity contribution in [1.82, 2.24) is 14.5 Å². The number of nitrogens with one attached hydrogen (secondary N) is 1. The Labute approximate surface area is 243 Å². The first-order valence-electron chi connectivity index (χ1n) is 13.7. The van der Waals surface area contributed by atoms with Gasteiger partial charge in [-0.3, -0.25) is 9.59 Å². The molecule has 2 aromatic carbocycles. The molecule has 0 bridgehead atoms. The van der Waals surface area contributed by atoms with Crippen LogP contribution in [0.2, 0.25) is 0 Å². The zero-order valence-corrected chi connectivity index (χ0v) is 24.7. The maximum Gasteiger partial charge on any atom is 0.282 e. The average Bonchev–Trinajstić information content (AvgIpc) is 2.90. The Bertz CT molecular complexity index is 1490. The highest BCUT2D eigenvalue weighted by molar-refractivity contribution is 7.89. The van der Waals surface area contributed by atoms with Gasteiger partial charge in [0.1, 0.15) is 0 Å². The highest BCUT2D eigenvalue weighted by Crippen LogP contribution is 2.40. The molecule has 2 aromatic rings. The number of likely N-dealkylation sites (tertiary alicyclic amines) is 1. The molecule has 42 heavy (non-hydrogen) atoms. The molecular weight excluding hydrogens is 574 g/mol. The quantitative estimate of drug-likeness (QED) is 0.325. The van der Waals surface area contributed by atoms with Crippen molar-refractivity contribution >= 4 is 21.8 Å². The fourth-order valence-corrected chi connectivity index (χ4v) is 7.37. The Balaban J connectivity index is 1.49. The number of hydrogen-bond donors (Lipinski definition) is 1. The molecule has 2 aliphatic rings. The highest BCUT2D eigenvalue weighted by Gasteiger charge is 2.46. The van der Waals surface area contributed by atoms with Crippen LogP contribution in [-0.4, -0.2) is 67.1 Å². The molecule has 0 spiro atoms. The van der Waals surface area contributed by atoms with E-state index in [4.69, 9.17) is 0 Å². The van der Waals surface area contributed by atoms with E-state index in [1.54, 1.807) is 52.0 Å². The van der Waals surface area contributed by atoms with Crippen molar-refractivity contribution in [3.63, 3.8) is 0 Å². The lowest BCUT2D eigenvalue weighted by Crippen LogP contribution is -2.58. The van der Waals surface area contributed by atoms with E-state index in [9.17, 15) is 35.6 Å². The Kier molecular flexibility index (Phi) is 8.90. The molecule has 3 atom stereocenters. The van der Waals surface area contributed by atoms with Crippen LogP contribution < -0.4 is 5.32 Å². The largest absolute Gasteiger partial charge is 0.350 e. The SMILES string of the molecule is Cc1ccccc1-c1cc(C(F)F)ccc1S(=O)(=O)N1CC[C@@](C)(C(=O)N[C@H](C)/C=C/C(=O)N2CC(F)(F)C2)C[C@H]1C. The monoisotopic (exact) mass is 609 g/mol. The van der Waals surface area contributed by atoms with Gasteiger partial charge in [0.25, 0.3) is 12.3 Å². The summed E-state index contributed by atoms with van der Waals surface area (Å²) < 4.78 is 82.4. The van der Waals surface area contributed by atoms with Crippen molar-refractivity contribution in [2.75, 3.05) is 19.6 Å². The first-order valence-corrected chi connectivity index (χ1v) is 15.1. The van der Waals surface area contributed by atoms with Crippen LogP contribution >= 0.6 is 0 Å². The van der Waals surface area contributed by atoms with Crippen LogP contribution in [0, 0.1) is 12.3 Å². The molecule has 0 aliphatic carbocycles. The van der Waals surface area contributed by atoms with Crippen molar-refractivity contribution in [2.24, 2.45) is 5.41 Å². The van der Waals surface area contributed by atoms with Crippen molar-refractivity contribution in [3.8, 4) is 11.1 Å². The van der Waals surface area contributed by atoms with Gasteiger partial charge in [-0.25, -0.2) is 26.0 Å². The van der Waals surface area contributed by atoms with Gasteiger partial charge in [-0.15, -0.1) is 0 Å². The van der Waals surface area contributed by atoms with E-state index >= 15 is 0 Å². The third-order valence-corrected chi connectivity index (χ3v) is 10.1. The van der Waals surface area contributed by atoms with Gasteiger partial charge in [0.05, 0.1) is 18.0 Å². The highest BCUT2D eigenvalue weighted by atomic mass is 32.2. The van der Waals surface area contributed by atoms with Gasteiger partial charge in [-0.1, -0.05) is 43.3 Å². The van der Waals surface area contributed by atoms with E-state index in [2.05, 4.69) is 5.32 Å². The minimum atomic E-state index is -4.13. The number of piperidine rings is 1. The molecule has 4 rings (SSSR count). The van der Waals surface area contributed by atoms with E-state index < -0.39 is 58.9 Å². The third kappa shape index (κ3) is 6.54. The normalized spacial score (nSPS) is 23.5. The minimum Gasteiger partial charge on any atom is -0.350 e. The molecule has 0 radical (unpaired) electrons. The Morgan fingerprint density at radius 1 is 1.10 bits per heavy atom. The summed E-state index contributed by atoms with van der Waals surface area (Å²) in [5.74, 6) is -3.76. The van der Waals surface area contributed by atoms with Crippen molar-refractivity contribution < 1.29 is 35.6 Å². The molecule has 2 fully saturated rings. The number of benzene rings is 2. The predicted octanol–water partition coefficient (Wildman–Crippen LogP) is 5.32. The van der Waals surface area contributed by atoms with E-state index in [0.717, 1.165) is 22.6 Å². The number of halogens is 4. The molecule has 2 aliphatic heterocycles. The molecule has 2 amide bonds. The fraction of sp³-hybridized carbons (Fsp3) is 0.467. The topological polar surface area (TPSA) is 86.8 Å². The number of amides is 2. The number of nitrogens with zero attached hydrogens (tertiary/aromatic N) is 2. The summed E-state index contributed by atoms with van der Waals surface area (Å²) in [5.41, 5.74) is 0.270. The van der Waals surface area contributed by atoms with Gasteiger partial charge >= 0.3 is 0 Å². The molecule has 0 aromatic heterocycles. The Morgan fingerprint density at radius 2 is 1.76 bits per heavy atom. The van der Waals surface area contributed by atoms with Gasteiger partial charge in [-0.05, 0) is 56.9 Å². The van der Waals surface area contributed by atoms with Crippen LogP contribution in [0.1, 0.15) is 51.2 Å². The number of alkyl halides is 4. The van der Waals surface area contributed by atoms with Crippen molar-refractivity contribution in [3.05, 3.63) is 65.7 Å². The summed E-state index contributed by atoms with van der Waals surface area (Å²) in [6.07, 6.45) is 0.222. The minimum absolute atomic E-state index is 0.0309. The van der Waals surface area contributed by atoms with E-state index in [1.807, 2.05) is 0 Å². The summed E-state index contributed by atoms with van der Waals surface area (Å²) >= 11 is 0. The average molecular weight is 610 g/mol. The van der Waals surface area contributed by atoms with Gasteiger partial charge in [0.15, 0.2) is 0 Å². The number of aryl methyl sites for hydroxylation is 1. The second-order valence-corrected chi connectivity index (χ2v) is 13.4. The van der Waals surface area contributed by atoms with Crippen molar-refractivity contribution in [1.29, 1.82) is 0 Å². The molecule has 0 unspecified atom stereocenters. The number of sulfonamides is 1. The molecule has 12 heteroatoms. The lowest BCUT2D eigenvalue weighted by molar-refractivity contribution is -0.160. The summed E-state index contributed by atoms with van der Waals surface area (Å²) in [6, 6.07) is 9.40. The number of hydrogen-bond acceptors (Lipinski definition) is 4. The van der Waals surface area contributed by atoms with Gasteiger partial charge in [0.2, 0.25) is 21.8 Å². The second kappa shape index (κ2) is 11.8. The number of carbonyl (C=O) groups excluding carboxylic acids is 2. The second-order valence-electron chi connectivity index (χ2n) is 11.5. The summed E-state index contributed by atoms with van der Waals surface area (Å²) in [5, 5.41) is 2.81. The first-order chi connectivity index (χ1) is 19.5. The van der Waals surface area contributed by atoms with Crippen LogP contribution in [0.5, 0.6) is 0 Å². The Morgan fingerprint density at radius 3 is 2.36 bits per heavy atom. The van der Waals surface area contributed by atoms with Crippen LogP contribution in [0.25, 0.3) is 11.1 Å². The predicted molar refractivity (Wildman–Crippen MR) is 151 cm³/mol. The van der Waals surface area contributed by atoms with E-state index in [1.165, 1.54) is 22.5 Å². The molecule has 228 valence electrons. The van der Waals surface area contributed by atoms with Crippen LogP contribution in [-0.2, 0) is 19.6 Å². The molecule has 0 saturated carbocycles. The number of carbonyl (C=O) groups is 2. The van der Waals surface area contributed by atoms with Crippen LogP contribution in [0.15, 0.2) is 59.5 Å². The lowest BCUT2D eigenvalue weighted by atomic mass is 9.77. The molecular formula is C30H35F4N3O4S. The lowest BCUT2D eigenvalue weighted by Gasteiger charge is -2.42. The smallest absolute Gasteiger partial charge is 0.282 e. The summed E-state index contributed by atoms with van der Waals surface area (Å²) in [6.45, 7) is 5.64. The zero-order chi connectivity index (χ0) is 31.0. The molecule has 1 N–H and O–H groups in total. The van der Waals surface area contributed by atoms with Crippen LogP contribution in [0.3, 0.4) is 0 Å². The number of rotatable bonds is 8. The van der Waals surface area contributed by atoms with Crippen molar-refractivity contribution in [2.45, 2.75) is 69.9 Å². The zero-order valence-electron chi connectivity index (χ0n) is 23.9. The maximum atomic E-state index is 14.0. The molecule has 2 saturated heterocycles. The van der Waals surface area contributed by atoms with Gasteiger partial charge in [-0.2, -0.15) is 4.31 Å². The summed E-state index contributed by atoms with van der Waals surface area (Å²) in [7, 11) is -4.13. The van der Waals surface area contributed by atoms with E-state index in [0.29, 0.717) is 5.56 Å². The maximum absolute atomic E-state index is 14.0. The first kappa shape index (κ1) is 31.7. The Hall–Kier alpha value is -3.25. The van der Waals surface area contributed by atoms with Gasteiger partial charge < -0.3 is 10.2 Å². The third-order valence-electron chi connectivity index (χ3n) is 7.99. The molecule has 2 heterocycles. The van der Waals surface area contributed by atoms with Gasteiger partial charge in [0, 0.05) is 41.2 Å². The molecule has 7 nitrogen and oxygen atoms in total. The standard InChI is InChI=1S/C30H35F4N3O4S/c1-19-7-5-6-8-23(19)24-15-22(27(31)32)10-11-25(24)42(40,41)37-14-13-29(4,16-21(37)3)28(39)35-20(2)9-12-26(38)36-17-30(33,34)18-36/h5-12,15,20-21,27H,13-14,16-18H2,1-4H3,(H,35,39)/b12-9+/t20-,21-,29-/m1/s1. The fourth-order valence-electron chi connectivity index (χ4n) is 5.55. The van der Waals surface area contributed by atoms with Crippen LogP contribution in [0.4, 0.5) is 17.6 Å².